The van der Waals surface area contributed by atoms with E-state index < -0.39 is 0 Å². The summed E-state index contributed by atoms with van der Waals surface area (Å²) in [4.78, 5) is 0. The molecule has 0 N–H and O–H groups in total. The van der Waals surface area contributed by atoms with Crippen molar-refractivity contribution in [3.63, 3.8) is 0 Å². The standard InChI is InChI=1S/C20H14Br2/c21-20(22)17-11-10-15(13-6-2-1-3-7-13)18-12-14-8-4-5-9-16(14)19(17)18/h1-11,20H,12H2. The summed E-state index contributed by atoms with van der Waals surface area (Å²) in [6, 6.07) is 23.9. The van der Waals surface area contributed by atoms with Crippen molar-refractivity contribution < 1.29 is 0 Å². The van der Waals surface area contributed by atoms with E-state index in [-0.39, 0.29) is 3.74 Å². The van der Waals surface area contributed by atoms with Gasteiger partial charge in [-0.25, -0.2) is 0 Å². The van der Waals surface area contributed by atoms with E-state index >= 15 is 0 Å². The first-order valence-electron chi connectivity index (χ1n) is 7.33. The third-order valence-electron chi connectivity index (χ3n) is 4.32. The van der Waals surface area contributed by atoms with E-state index in [0.29, 0.717) is 0 Å². The molecule has 0 amide bonds. The van der Waals surface area contributed by atoms with Gasteiger partial charge in [-0.15, -0.1) is 0 Å². The first-order chi connectivity index (χ1) is 10.8. The van der Waals surface area contributed by atoms with Gasteiger partial charge in [-0.2, -0.15) is 0 Å². The van der Waals surface area contributed by atoms with Crippen LogP contribution in [-0.4, -0.2) is 0 Å². The molecule has 0 radical (unpaired) electrons. The van der Waals surface area contributed by atoms with Crippen LogP contribution in [0, 0.1) is 0 Å². The Hall–Kier alpha value is -1.38. The average Bonchev–Trinajstić information content (AvgIpc) is 2.94. The highest BCUT2D eigenvalue weighted by atomic mass is 79.9. The van der Waals surface area contributed by atoms with Crippen molar-refractivity contribution in [2.45, 2.75) is 10.2 Å². The molecule has 4 rings (SSSR count). The fraction of sp³-hybridized carbons (Fsp3) is 0.100. The lowest BCUT2D eigenvalue weighted by molar-refractivity contribution is 1.25. The molecule has 0 heterocycles. The monoisotopic (exact) mass is 412 g/mol. The van der Waals surface area contributed by atoms with E-state index in [1.54, 1.807) is 0 Å². The zero-order valence-electron chi connectivity index (χ0n) is 11.9. The molecule has 108 valence electrons. The fourth-order valence-corrected chi connectivity index (χ4v) is 4.11. The van der Waals surface area contributed by atoms with E-state index in [1.165, 1.54) is 38.9 Å². The van der Waals surface area contributed by atoms with Gasteiger partial charge in [0.2, 0.25) is 0 Å². The Balaban J connectivity index is 2.01. The van der Waals surface area contributed by atoms with Gasteiger partial charge in [-0.05, 0) is 45.4 Å². The first-order valence-corrected chi connectivity index (χ1v) is 9.16. The van der Waals surface area contributed by atoms with Gasteiger partial charge in [-0.3, -0.25) is 0 Å². The van der Waals surface area contributed by atoms with Gasteiger partial charge >= 0.3 is 0 Å². The molecule has 0 spiro atoms. The molecule has 1 aliphatic rings. The Morgan fingerprint density at radius 2 is 1.45 bits per heavy atom. The Morgan fingerprint density at radius 3 is 2.23 bits per heavy atom. The van der Waals surface area contributed by atoms with E-state index in [4.69, 9.17) is 0 Å². The van der Waals surface area contributed by atoms with E-state index in [2.05, 4.69) is 98.6 Å². The number of halogens is 2. The molecule has 0 aromatic heterocycles. The van der Waals surface area contributed by atoms with Gasteiger partial charge in [0.15, 0.2) is 0 Å². The van der Waals surface area contributed by atoms with Crippen LogP contribution in [0.2, 0.25) is 0 Å². The summed E-state index contributed by atoms with van der Waals surface area (Å²) in [6.45, 7) is 0. The minimum Gasteiger partial charge on any atom is -0.0712 e. The lowest BCUT2D eigenvalue weighted by atomic mass is 9.93. The molecule has 22 heavy (non-hydrogen) atoms. The van der Waals surface area contributed by atoms with E-state index in [0.717, 1.165) is 6.42 Å². The summed E-state index contributed by atoms with van der Waals surface area (Å²) in [7, 11) is 0. The van der Waals surface area contributed by atoms with E-state index in [1.807, 2.05) is 0 Å². The van der Waals surface area contributed by atoms with Gasteiger partial charge in [-0.1, -0.05) is 98.6 Å². The second-order valence-electron chi connectivity index (χ2n) is 5.56. The summed E-state index contributed by atoms with van der Waals surface area (Å²) in [6.07, 6.45) is 1.01. The molecule has 0 fully saturated rings. The maximum Gasteiger partial charge on any atom is 0.0952 e. The van der Waals surface area contributed by atoms with Crippen LogP contribution in [0.5, 0.6) is 0 Å². The van der Waals surface area contributed by atoms with Gasteiger partial charge in [0, 0.05) is 0 Å². The Bertz CT molecular complexity index is 836. The largest absolute Gasteiger partial charge is 0.0952 e. The molecule has 0 saturated carbocycles. The number of hydrogen-bond donors (Lipinski definition) is 0. The molecule has 0 saturated heterocycles. The van der Waals surface area contributed by atoms with Crippen molar-refractivity contribution in [1.82, 2.24) is 0 Å². The lowest BCUT2D eigenvalue weighted by Crippen LogP contribution is -1.93. The maximum atomic E-state index is 3.69. The third-order valence-corrected chi connectivity index (χ3v) is 5.31. The van der Waals surface area contributed by atoms with Gasteiger partial charge in [0.25, 0.3) is 0 Å². The van der Waals surface area contributed by atoms with Crippen molar-refractivity contribution in [2.24, 2.45) is 0 Å². The summed E-state index contributed by atoms with van der Waals surface area (Å²) >= 11 is 7.37. The topological polar surface area (TPSA) is 0 Å². The number of fused-ring (bicyclic) bond motifs is 3. The Kier molecular flexibility index (Phi) is 3.67. The maximum absolute atomic E-state index is 3.69. The van der Waals surface area contributed by atoms with Crippen molar-refractivity contribution in [1.29, 1.82) is 0 Å². The van der Waals surface area contributed by atoms with Crippen molar-refractivity contribution >= 4 is 31.9 Å². The zero-order valence-corrected chi connectivity index (χ0v) is 15.1. The van der Waals surface area contributed by atoms with Crippen molar-refractivity contribution in [3.8, 4) is 22.3 Å². The Morgan fingerprint density at radius 1 is 0.727 bits per heavy atom. The van der Waals surface area contributed by atoms with Crippen LogP contribution in [0.15, 0.2) is 66.7 Å². The minimum atomic E-state index is 0.171. The highest BCUT2D eigenvalue weighted by Gasteiger charge is 2.25. The predicted octanol–water partition coefficient (Wildman–Crippen LogP) is 6.71. The summed E-state index contributed by atoms with van der Waals surface area (Å²) < 4.78 is 0.171. The molecule has 3 aromatic rings. The molecular formula is C20H14Br2. The van der Waals surface area contributed by atoms with Crippen LogP contribution in [0.25, 0.3) is 22.3 Å². The van der Waals surface area contributed by atoms with Crippen LogP contribution in [0.3, 0.4) is 0 Å². The van der Waals surface area contributed by atoms with Crippen LogP contribution < -0.4 is 0 Å². The second kappa shape index (κ2) is 5.68. The van der Waals surface area contributed by atoms with Crippen molar-refractivity contribution in [3.05, 3.63) is 83.4 Å². The summed E-state index contributed by atoms with van der Waals surface area (Å²) in [5, 5.41) is 0. The van der Waals surface area contributed by atoms with Gasteiger partial charge in [0.05, 0.1) is 3.74 Å². The number of alkyl halides is 2. The molecule has 0 unspecified atom stereocenters. The summed E-state index contributed by atoms with van der Waals surface area (Å²) in [5.41, 5.74) is 9.55. The minimum absolute atomic E-state index is 0.171. The van der Waals surface area contributed by atoms with Crippen LogP contribution in [-0.2, 0) is 6.42 Å². The smallest absolute Gasteiger partial charge is 0.0712 e. The first kappa shape index (κ1) is 14.2. The fourth-order valence-electron chi connectivity index (χ4n) is 3.35. The van der Waals surface area contributed by atoms with E-state index in [9.17, 15) is 0 Å². The lowest BCUT2D eigenvalue weighted by Gasteiger charge is -2.15. The van der Waals surface area contributed by atoms with Gasteiger partial charge < -0.3 is 0 Å². The Labute approximate surface area is 147 Å². The number of hydrogen-bond acceptors (Lipinski definition) is 0. The normalized spacial score (nSPS) is 12.3. The number of rotatable bonds is 2. The molecule has 3 aromatic carbocycles. The SMILES string of the molecule is BrC(Br)c1ccc(-c2ccccc2)c2c1-c1ccccc1C2. The summed E-state index contributed by atoms with van der Waals surface area (Å²) in [5.74, 6) is 0. The quantitative estimate of drug-likeness (QED) is 0.320. The third kappa shape index (κ3) is 2.26. The highest BCUT2D eigenvalue weighted by Crippen LogP contribution is 2.47. The molecule has 0 atom stereocenters. The zero-order chi connectivity index (χ0) is 15.1. The predicted molar refractivity (Wildman–Crippen MR) is 101 cm³/mol. The average molecular weight is 414 g/mol. The molecule has 0 nitrogen and oxygen atoms in total. The van der Waals surface area contributed by atoms with Crippen LogP contribution in [0.1, 0.15) is 20.4 Å². The van der Waals surface area contributed by atoms with Crippen molar-refractivity contribution in [2.75, 3.05) is 0 Å². The van der Waals surface area contributed by atoms with Crippen LogP contribution >= 0.6 is 31.9 Å². The highest BCUT2D eigenvalue weighted by molar-refractivity contribution is 9.24. The molecular weight excluding hydrogens is 400 g/mol. The van der Waals surface area contributed by atoms with Gasteiger partial charge in [0.1, 0.15) is 0 Å². The second-order valence-corrected chi connectivity index (χ2v) is 8.62. The van der Waals surface area contributed by atoms with Crippen LogP contribution in [0.4, 0.5) is 0 Å². The molecule has 0 bridgehead atoms. The number of benzene rings is 3. The molecule has 1 aliphatic carbocycles. The molecule has 0 aliphatic heterocycles. The molecule has 2 heteroatoms.